The molecule has 4 nitrogen and oxygen atoms in total. The first kappa shape index (κ1) is 17.4. The second-order valence-electron chi connectivity index (χ2n) is 5.76. The Kier molecular flexibility index (Phi) is 6.89. The maximum atomic E-state index is 12.7. The van der Waals surface area contributed by atoms with E-state index in [9.17, 15) is 4.79 Å². The first-order valence-corrected chi connectivity index (χ1v) is 8.11. The lowest BCUT2D eigenvalue weighted by Gasteiger charge is -2.33. The topological polar surface area (TPSA) is 64.3 Å². The molecule has 1 amide bonds. The Balaban J connectivity index is 2.78. The lowest BCUT2D eigenvalue weighted by Crippen LogP contribution is -2.53. The lowest BCUT2D eigenvalue weighted by molar-refractivity contribution is -0.129. The number of hydrogen-bond acceptors (Lipinski definition) is 3. The molecule has 0 aliphatic carbocycles. The van der Waals surface area contributed by atoms with Crippen molar-refractivity contribution in [2.75, 3.05) is 6.61 Å². The van der Waals surface area contributed by atoms with Crippen molar-refractivity contribution in [3.05, 3.63) is 0 Å². The fraction of sp³-hybridized carbons (Fsp3) is 0.867. The standard InChI is InChI=1S/C15H28N2O2S/c1-4-8-15(9-5-2,13(16)20)14(18)17-11(3)12-7-6-10-19-12/h11-12H,4-10H2,1-3H3,(H2,16,20)(H,17,18). The second-order valence-corrected chi connectivity index (χ2v) is 6.20. The van der Waals surface area contributed by atoms with Gasteiger partial charge in [0.05, 0.1) is 22.5 Å². The molecule has 1 aliphatic heterocycles. The van der Waals surface area contributed by atoms with E-state index < -0.39 is 5.41 Å². The van der Waals surface area contributed by atoms with Crippen molar-refractivity contribution >= 4 is 23.1 Å². The number of carbonyl (C=O) groups excluding carboxylic acids is 1. The van der Waals surface area contributed by atoms with Crippen LogP contribution in [0.5, 0.6) is 0 Å². The Morgan fingerprint density at radius 1 is 1.45 bits per heavy atom. The predicted molar refractivity (Wildman–Crippen MR) is 85.6 cm³/mol. The average Bonchev–Trinajstić information content (AvgIpc) is 2.91. The molecule has 1 aliphatic rings. The molecule has 0 aromatic carbocycles. The third-order valence-corrected chi connectivity index (χ3v) is 4.53. The summed E-state index contributed by atoms with van der Waals surface area (Å²) in [6.45, 7) is 6.89. The average molecular weight is 300 g/mol. The van der Waals surface area contributed by atoms with Gasteiger partial charge in [-0.25, -0.2) is 0 Å². The monoisotopic (exact) mass is 300 g/mol. The molecule has 1 saturated heterocycles. The number of nitrogens with two attached hydrogens (primary N) is 1. The molecule has 3 N–H and O–H groups in total. The van der Waals surface area contributed by atoms with Crippen molar-refractivity contribution in [1.29, 1.82) is 0 Å². The van der Waals surface area contributed by atoms with Gasteiger partial charge in [0.15, 0.2) is 0 Å². The molecule has 1 rings (SSSR count). The number of amides is 1. The van der Waals surface area contributed by atoms with E-state index in [1.807, 2.05) is 6.92 Å². The number of hydrogen-bond donors (Lipinski definition) is 2. The number of ether oxygens (including phenoxy) is 1. The third-order valence-electron chi connectivity index (χ3n) is 4.14. The summed E-state index contributed by atoms with van der Waals surface area (Å²) in [6, 6.07) is 0.00689. The molecule has 0 aromatic heterocycles. The summed E-state index contributed by atoms with van der Waals surface area (Å²) < 4.78 is 5.63. The molecule has 20 heavy (non-hydrogen) atoms. The van der Waals surface area contributed by atoms with Crippen molar-refractivity contribution in [3.8, 4) is 0 Å². The Bertz CT molecular complexity index is 335. The molecule has 0 bridgehead atoms. The van der Waals surface area contributed by atoms with Gasteiger partial charge in [-0.1, -0.05) is 38.9 Å². The SMILES string of the molecule is CCCC(CCC)(C(=O)NC(C)C1CCCO1)C(N)=S. The molecule has 1 heterocycles. The van der Waals surface area contributed by atoms with E-state index in [2.05, 4.69) is 19.2 Å². The summed E-state index contributed by atoms with van der Waals surface area (Å²) >= 11 is 5.21. The number of thiocarbonyl (C=S) groups is 1. The Hall–Kier alpha value is -0.680. The van der Waals surface area contributed by atoms with Crippen LogP contribution in [0.15, 0.2) is 0 Å². The quantitative estimate of drug-likeness (QED) is 0.676. The molecule has 5 heteroatoms. The van der Waals surface area contributed by atoms with Crippen LogP contribution in [0.3, 0.4) is 0 Å². The minimum Gasteiger partial charge on any atom is -0.392 e. The van der Waals surface area contributed by atoms with E-state index in [0.717, 1.165) is 32.3 Å². The highest BCUT2D eigenvalue weighted by Crippen LogP contribution is 2.31. The molecular weight excluding hydrogens is 272 g/mol. The van der Waals surface area contributed by atoms with Crippen LogP contribution in [0.2, 0.25) is 0 Å². The Morgan fingerprint density at radius 3 is 2.45 bits per heavy atom. The fourth-order valence-corrected chi connectivity index (χ4v) is 3.30. The van der Waals surface area contributed by atoms with Crippen molar-refractivity contribution in [3.63, 3.8) is 0 Å². The van der Waals surface area contributed by atoms with Crippen molar-refractivity contribution in [2.45, 2.75) is 71.4 Å². The highest BCUT2D eigenvalue weighted by atomic mass is 32.1. The van der Waals surface area contributed by atoms with Gasteiger partial charge in [0.2, 0.25) is 5.91 Å². The molecule has 0 spiro atoms. The zero-order valence-corrected chi connectivity index (χ0v) is 13.7. The van der Waals surface area contributed by atoms with Gasteiger partial charge in [-0.2, -0.15) is 0 Å². The number of rotatable bonds is 8. The van der Waals surface area contributed by atoms with E-state index in [4.69, 9.17) is 22.7 Å². The highest BCUT2D eigenvalue weighted by Gasteiger charge is 2.41. The van der Waals surface area contributed by atoms with Crippen LogP contribution in [0.4, 0.5) is 0 Å². The van der Waals surface area contributed by atoms with Gasteiger partial charge < -0.3 is 15.8 Å². The van der Waals surface area contributed by atoms with Crippen molar-refractivity contribution in [2.24, 2.45) is 11.1 Å². The van der Waals surface area contributed by atoms with Gasteiger partial charge in [-0.3, -0.25) is 4.79 Å². The zero-order valence-electron chi connectivity index (χ0n) is 12.9. The number of nitrogens with one attached hydrogen (secondary N) is 1. The van der Waals surface area contributed by atoms with E-state index in [0.29, 0.717) is 17.8 Å². The van der Waals surface area contributed by atoms with Crippen LogP contribution in [-0.2, 0) is 9.53 Å². The summed E-state index contributed by atoms with van der Waals surface area (Å²) in [5, 5.41) is 3.08. The van der Waals surface area contributed by atoms with E-state index >= 15 is 0 Å². The van der Waals surface area contributed by atoms with Crippen molar-refractivity contribution in [1.82, 2.24) is 5.32 Å². The van der Waals surface area contributed by atoms with E-state index in [-0.39, 0.29) is 18.1 Å². The molecule has 116 valence electrons. The van der Waals surface area contributed by atoms with Crippen LogP contribution in [0.1, 0.15) is 59.3 Å². The van der Waals surface area contributed by atoms with Crippen molar-refractivity contribution < 1.29 is 9.53 Å². The molecule has 1 fully saturated rings. The smallest absolute Gasteiger partial charge is 0.233 e. The summed E-state index contributed by atoms with van der Waals surface area (Å²) in [5.41, 5.74) is 5.21. The van der Waals surface area contributed by atoms with Crippen LogP contribution >= 0.6 is 12.2 Å². The number of carbonyl (C=O) groups is 1. The minimum atomic E-state index is -0.703. The first-order valence-electron chi connectivity index (χ1n) is 7.70. The van der Waals surface area contributed by atoms with Gasteiger partial charge >= 0.3 is 0 Å². The minimum absolute atomic E-state index is 0.00689. The van der Waals surface area contributed by atoms with Gasteiger partial charge in [-0.05, 0) is 32.6 Å². The highest BCUT2D eigenvalue weighted by molar-refractivity contribution is 7.80. The largest absolute Gasteiger partial charge is 0.392 e. The van der Waals surface area contributed by atoms with Gasteiger partial charge in [0.25, 0.3) is 0 Å². The molecule has 0 aromatic rings. The summed E-state index contributed by atoms with van der Waals surface area (Å²) in [6.07, 6.45) is 5.38. The maximum absolute atomic E-state index is 12.7. The summed E-state index contributed by atoms with van der Waals surface area (Å²) in [7, 11) is 0. The molecule has 0 radical (unpaired) electrons. The van der Waals surface area contributed by atoms with Crippen LogP contribution in [-0.4, -0.2) is 29.6 Å². The lowest BCUT2D eigenvalue weighted by atomic mass is 9.78. The van der Waals surface area contributed by atoms with Gasteiger partial charge in [0, 0.05) is 6.61 Å². The predicted octanol–water partition coefficient (Wildman–Crippen LogP) is 2.54. The first-order chi connectivity index (χ1) is 9.47. The van der Waals surface area contributed by atoms with E-state index in [1.165, 1.54) is 0 Å². The maximum Gasteiger partial charge on any atom is 0.233 e. The van der Waals surface area contributed by atoms with Crippen LogP contribution in [0, 0.1) is 5.41 Å². The Labute approximate surface area is 127 Å². The van der Waals surface area contributed by atoms with Crippen LogP contribution < -0.4 is 11.1 Å². The van der Waals surface area contributed by atoms with Gasteiger partial charge in [-0.15, -0.1) is 0 Å². The molecule has 2 unspecified atom stereocenters. The van der Waals surface area contributed by atoms with Crippen LogP contribution in [0.25, 0.3) is 0 Å². The second kappa shape index (κ2) is 7.93. The Morgan fingerprint density at radius 2 is 2.05 bits per heavy atom. The zero-order chi connectivity index (χ0) is 15.2. The summed E-state index contributed by atoms with van der Waals surface area (Å²) in [5.74, 6) is -0.0308. The van der Waals surface area contributed by atoms with E-state index in [1.54, 1.807) is 0 Å². The third kappa shape index (κ3) is 3.92. The molecule has 2 atom stereocenters. The normalized spacial score (nSPS) is 20.6. The van der Waals surface area contributed by atoms with Gasteiger partial charge in [0.1, 0.15) is 0 Å². The molecule has 0 saturated carbocycles. The molecular formula is C15H28N2O2S. The summed E-state index contributed by atoms with van der Waals surface area (Å²) in [4.78, 5) is 13.0. The fourth-order valence-electron chi connectivity index (χ4n) is 3.00.